The fourth-order valence-electron chi connectivity index (χ4n) is 4.84. The first-order chi connectivity index (χ1) is 16.5. The highest BCUT2D eigenvalue weighted by molar-refractivity contribution is 8.00. The first kappa shape index (κ1) is 21.1. The Morgan fingerprint density at radius 2 is 1.47 bits per heavy atom. The second-order valence-electron chi connectivity index (χ2n) is 8.59. The van der Waals surface area contributed by atoms with Crippen molar-refractivity contribution in [3.05, 3.63) is 105 Å². The molecule has 3 aromatic carbocycles. The molecule has 0 saturated carbocycles. The number of amides is 2. The summed E-state index contributed by atoms with van der Waals surface area (Å²) in [4.78, 5) is 44.3. The van der Waals surface area contributed by atoms with E-state index in [4.69, 9.17) is 0 Å². The smallest absolute Gasteiger partial charge is 0.305 e. The number of H-pyrrole nitrogens is 1. The van der Waals surface area contributed by atoms with Crippen molar-refractivity contribution in [1.82, 2.24) is 4.98 Å². The molecule has 0 spiro atoms. The third-order valence-corrected chi connectivity index (χ3v) is 8.89. The number of aryl methyl sites for hydroxylation is 1. The number of anilines is 1. The fraction of sp³-hybridized carbons (Fsp3) is 0.148. The summed E-state index contributed by atoms with van der Waals surface area (Å²) in [6.07, 6.45) is 0. The summed E-state index contributed by atoms with van der Waals surface area (Å²) in [6.45, 7) is 1.97. The lowest BCUT2D eigenvalue weighted by Crippen LogP contribution is -2.32. The van der Waals surface area contributed by atoms with Gasteiger partial charge in [0.15, 0.2) is 0 Å². The Morgan fingerprint density at radius 3 is 2.18 bits per heavy atom. The number of fused-ring (bicyclic) bond motifs is 2. The van der Waals surface area contributed by atoms with Crippen LogP contribution in [0.5, 0.6) is 0 Å². The van der Waals surface area contributed by atoms with E-state index in [1.807, 2.05) is 73.7 Å². The van der Waals surface area contributed by atoms with E-state index in [9.17, 15) is 14.4 Å². The molecule has 7 heteroatoms. The number of benzene rings is 3. The van der Waals surface area contributed by atoms with Crippen molar-refractivity contribution in [3.63, 3.8) is 0 Å². The summed E-state index contributed by atoms with van der Waals surface area (Å²) in [5, 5.41) is 0.116. The predicted molar refractivity (Wildman–Crippen MR) is 135 cm³/mol. The van der Waals surface area contributed by atoms with Crippen molar-refractivity contribution in [2.45, 2.75) is 23.1 Å². The van der Waals surface area contributed by atoms with Crippen LogP contribution in [0.3, 0.4) is 0 Å². The van der Waals surface area contributed by atoms with Gasteiger partial charge in [-0.05, 0) is 35.7 Å². The monoisotopic (exact) mass is 484 g/mol. The zero-order valence-corrected chi connectivity index (χ0v) is 19.9. The van der Waals surface area contributed by atoms with Crippen LogP contribution in [0.2, 0.25) is 0 Å². The molecule has 1 N–H and O–H groups in total. The highest BCUT2D eigenvalue weighted by atomic mass is 32.2. The van der Waals surface area contributed by atoms with Crippen molar-refractivity contribution < 1.29 is 9.59 Å². The zero-order valence-electron chi connectivity index (χ0n) is 18.2. The van der Waals surface area contributed by atoms with Crippen LogP contribution in [-0.4, -0.2) is 22.0 Å². The molecule has 1 aromatic heterocycles. The number of imide groups is 1. The SMILES string of the molecule is Cc1ccc(N2C(=O)[C@H]3[C@H](c4ccc(-c5ccccc5)cc4)c4sc(=O)[nH]c4S[C@H]3C2=O)cc1. The maximum atomic E-state index is 13.7. The Labute approximate surface area is 204 Å². The van der Waals surface area contributed by atoms with Crippen LogP contribution in [-0.2, 0) is 9.59 Å². The molecule has 2 aliphatic rings. The molecule has 34 heavy (non-hydrogen) atoms. The van der Waals surface area contributed by atoms with Crippen LogP contribution in [0.25, 0.3) is 11.1 Å². The molecule has 0 aliphatic carbocycles. The van der Waals surface area contributed by atoms with E-state index < -0.39 is 11.2 Å². The fourth-order valence-corrected chi connectivity index (χ4v) is 7.35. The van der Waals surface area contributed by atoms with Crippen molar-refractivity contribution in [2.24, 2.45) is 5.92 Å². The molecule has 1 fully saturated rings. The van der Waals surface area contributed by atoms with Gasteiger partial charge >= 0.3 is 4.87 Å². The maximum Gasteiger partial charge on any atom is 0.305 e. The van der Waals surface area contributed by atoms with Crippen molar-refractivity contribution in [3.8, 4) is 11.1 Å². The molecule has 4 aromatic rings. The first-order valence-electron chi connectivity index (χ1n) is 11.0. The number of carbonyl (C=O) groups is 2. The minimum absolute atomic E-state index is 0.168. The predicted octanol–water partition coefficient (Wildman–Crippen LogP) is 5.21. The summed E-state index contributed by atoms with van der Waals surface area (Å²) >= 11 is 2.43. The van der Waals surface area contributed by atoms with E-state index in [0.29, 0.717) is 10.7 Å². The largest absolute Gasteiger partial charge is 0.307 e. The molecule has 6 rings (SSSR count). The number of thiazole rings is 1. The third-order valence-electron chi connectivity index (χ3n) is 6.49. The Hall–Kier alpha value is -3.42. The van der Waals surface area contributed by atoms with Gasteiger partial charge < -0.3 is 4.98 Å². The van der Waals surface area contributed by atoms with Gasteiger partial charge in [0.2, 0.25) is 11.8 Å². The molecule has 168 valence electrons. The number of carbonyl (C=O) groups excluding carboxylic acids is 2. The van der Waals surface area contributed by atoms with E-state index in [2.05, 4.69) is 17.1 Å². The molecule has 5 nitrogen and oxygen atoms in total. The Kier molecular flexibility index (Phi) is 5.04. The van der Waals surface area contributed by atoms with Crippen molar-refractivity contribution in [1.29, 1.82) is 0 Å². The number of thioether (sulfide) groups is 1. The molecule has 3 heterocycles. The van der Waals surface area contributed by atoms with Crippen molar-refractivity contribution >= 4 is 40.6 Å². The number of aromatic amines is 1. The number of hydrogen-bond acceptors (Lipinski definition) is 5. The summed E-state index contributed by atoms with van der Waals surface area (Å²) in [5.41, 5.74) is 4.76. The molecule has 2 amide bonds. The van der Waals surface area contributed by atoms with Gasteiger partial charge in [0.1, 0.15) is 5.25 Å². The maximum absolute atomic E-state index is 13.7. The standard InChI is InChI=1S/C27H20N2O3S2/c1-15-7-13-19(14-8-15)29-25(30)21-20(22-24(28-27(32)34-22)33-23(21)26(29)31)18-11-9-17(10-12-18)16-5-3-2-4-6-16/h2-14,20-21,23H,1H3,(H,28,32)/t20-,21-,23+/m0/s1. The van der Waals surface area contributed by atoms with E-state index in [1.165, 1.54) is 16.7 Å². The van der Waals surface area contributed by atoms with Gasteiger partial charge in [-0.1, -0.05) is 95.4 Å². The quantitative estimate of drug-likeness (QED) is 0.406. The molecule has 1 saturated heterocycles. The molecular formula is C27H20N2O3S2. The van der Waals surface area contributed by atoms with E-state index >= 15 is 0 Å². The topological polar surface area (TPSA) is 70.2 Å². The Balaban J connectivity index is 1.44. The number of nitrogens with one attached hydrogen (secondary N) is 1. The minimum atomic E-state index is -0.578. The lowest BCUT2D eigenvalue weighted by atomic mass is 9.82. The number of hydrogen-bond donors (Lipinski definition) is 1. The Morgan fingerprint density at radius 1 is 0.794 bits per heavy atom. The van der Waals surface area contributed by atoms with Crippen LogP contribution >= 0.6 is 23.1 Å². The van der Waals surface area contributed by atoms with Gasteiger partial charge in [0, 0.05) is 10.8 Å². The zero-order chi connectivity index (χ0) is 23.4. The van der Waals surface area contributed by atoms with E-state index in [0.717, 1.165) is 38.5 Å². The molecule has 0 unspecified atom stereocenters. The molecular weight excluding hydrogens is 464 g/mol. The van der Waals surface area contributed by atoms with Gasteiger partial charge in [0.25, 0.3) is 0 Å². The molecule has 3 atom stereocenters. The summed E-state index contributed by atoms with van der Waals surface area (Å²) in [5.74, 6) is -1.37. The molecule has 0 radical (unpaired) electrons. The van der Waals surface area contributed by atoms with Crippen LogP contribution in [0.1, 0.15) is 21.9 Å². The molecule has 0 bridgehead atoms. The van der Waals surface area contributed by atoms with Crippen LogP contribution < -0.4 is 9.77 Å². The van der Waals surface area contributed by atoms with E-state index in [-0.39, 0.29) is 22.6 Å². The average molecular weight is 485 g/mol. The lowest BCUT2D eigenvalue weighted by Gasteiger charge is -2.29. The second kappa shape index (κ2) is 8.11. The number of nitrogens with zero attached hydrogens (tertiary/aromatic N) is 1. The summed E-state index contributed by atoms with van der Waals surface area (Å²) in [7, 11) is 0. The lowest BCUT2D eigenvalue weighted by molar-refractivity contribution is -0.122. The van der Waals surface area contributed by atoms with Crippen LogP contribution in [0.4, 0.5) is 5.69 Å². The first-order valence-corrected chi connectivity index (χ1v) is 12.7. The summed E-state index contributed by atoms with van der Waals surface area (Å²) in [6, 6.07) is 25.6. The van der Waals surface area contributed by atoms with Crippen LogP contribution in [0, 0.1) is 12.8 Å². The number of aromatic nitrogens is 1. The van der Waals surface area contributed by atoms with Gasteiger partial charge in [-0.3, -0.25) is 14.4 Å². The highest BCUT2D eigenvalue weighted by Crippen LogP contribution is 2.53. The van der Waals surface area contributed by atoms with E-state index in [1.54, 1.807) is 0 Å². The summed E-state index contributed by atoms with van der Waals surface area (Å²) < 4.78 is 0. The van der Waals surface area contributed by atoms with Gasteiger partial charge in [-0.25, -0.2) is 4.90 Å². The second-order valence-corrected chi connectivity index (χ2v) is 10.8. The minimum Gasteiger partial charge on any atom is -0.307 e. The normalized spacial score (nSPS) is 21.4. The van der Waals surface area contributed by atoms with Gasteiger partial charge in [-0.2, -0.15) is 0 Å². The van der Waals surface area contributed by atoms with Gasteiger partial charge in [-0.15, -0.1) is 0 Å². The average Bonchev–Trinajstić information content (AvgIpc) is 3.35. The highest BCUT2D eigenvalue weighted by Gasteiger charge is 2.56. The van der Waals surface area contributed by atoms with Crippen LogP contribution in [0.15, 0.2) is 88.7 Å². The Bertz CT molecular complexity index is 1460. The van der Waals surface area contributed by atoms with Gasteiger partial charge in [0.05, 0.1) is 16.6 Å². The number of rotatable bonds is 3. The third kappa shape index (κ3) is 3.35. The van der Waals surface area contributed by atoms with Crippen molar-refractivity contribution in [2.75, 3.05) is 4.90 Å². The molecule has 2 aliphatic heterocycles.